The van der Waals surface area contributed by atoms with E-state index in [1.807, 2.05) is 0 Å². The van der Waals surface area contributed by atoms with E-state index >= 15 is 0 Å². The molecule has 0 spiro atoms. The van der Waals surface area contributed by atoms with Gasteiger partial charge in [-0.3, -0.25) is 4.79 Å². The summed E-state index contributed by atoms with van der Waals surface area (Å²) in [6.07, 6.45) is -5.98. The second-order valence-electron chi connectivity index (χ2n) is 5.11. The Kier molecular flexibility index (Phi) is 4.20. The van der Waals surface area contributed by atoms with Crippen LogP contribution in [0.1, 0.15) is 25.7 Å². The third-order valence-electron chi connectivity index (χ3n) is 3.47. The van der Waals surface area contributed by atoms with Crippen LogP contribution in [0.3, 0.4) is 0 Å². The van der Waals surface area contributed by atoms with Crippen molar-refractivity contribution < 1.29 is 26.7 Å². The van der Waals surface area contributed by atoms with Gasteiger partial charge in [-0.1, -0.05) is 18.2 Å². The molecule has 0 bridgehead atoms. The maximum Gasteiger partial charge on any atom is 0.471 e. The summed E-state index contributed by atoms with van der Waals surface area (Å²) < 4.78 is 65.2. The minimum absolute atomic E-state index is 0.0116. The van der Waals surface area contributed by atoms with Gasteiger partial charge in [-0.05, 0) is 25.0 Å². The quantitative estimate of drug-likeness (QED) is 0.751. The highest BCUT2D eigenvalue weighted by atomic mass is 19.4. The summed E-state index contributed by atoms with van der Waals surface area (Å²) in [7, 11) is 0. The number of para-hydroxylation sites is 1. The van der Waals surface area contributed by atoms with E-state index in [9.17, 15) is 26.7 Å². The minimum Gasteiger partial charge on any atom is -0.301 e. The van der Waals surface area contributed by atoms with Crippen molar-refractivity contribution in [2.75, 3.05) is 4.90 Å². The Morgan fingerprint density at radius 1 is 1.19 bits per heavy atom. The summed E-state index contributed by atoms with van der Waals surface area (Å²) in [5.74, 6) is -5.14. The Morgan fingerprint density at radius 2 is 1.81 bits per heavy atom. The van der Waals surface area contributed by atoms with Crippen molar-refractivity contribution in [1.82, 2.24) is 0 Å². The Bertz CT molecular complexity index is 500. The van der Waals surface area contributed by atoms with Crippen LogP contribution < -0.4 is 4.90 Å². The lowest BCUT2D eigenvalue weighted by Gasteiger charge is -2.37. The summed E-state index contributed by atoms with van der Waals surface area (Å²) in [4.78, 5) is 12.1. The molecule has 0 N–H and O–H groups in total. The highest BCUT2D eigenvalue weighted by molar-refractivity contribution is 5.97. The molecule has 0 radical (unpaired) electrons. The topological polar surface area (TPSA) is 20.3 Å². The molecule has 1 saturated carbocycles. The van der Waals surface area contributed by atoms with Crippen molar-refractivity contribution in [1.29, 1.82) is 0 Å². The van der Waals surface area contributed by atoms with Gasteiger partial charge in [0.05, 0.1) is 0 Å². The van der Waals surface area contributed by atoms with Gasteiger partial charge in [0.2, 0.25) is 5.92 Å². The van der Waals surface area contributed by atoms with Crippen molar-refractivity contribution in [2.45, 2.75) is 43.8 Å². The molecule has 1 fully saturated rings. The molecule has 1 unspecified atom stereocenters. The third kappa shape index (κ3) is 3.71. The number of benzene rings is 1. The van der Waals surface area contributed by atoms with E-state index in [-0.39, 0.29) is 24.9 Å². The summed E-state index contributed by atoms with van der Waals surface area (Å²) >= 11 is 0. The van der Waals surface area contributed by atoms with Crippen LogP contribution in [0.4, 0.5) is 27.6 Å². The molecule has 0 saturated heterocycles. The van der Waals surface area contributed by atoms with Gasteiger partial charge in [0.1, 0.15) is 0 Å². The van der Waals surface area contributed by atoms with E-state index in [1.54, 1.807) is 6.07 Å². The fourth-order valence-corrected chi connectivity index (χ4v) is 2.58. The number of halogens is 5. The Balaban J connectivity index is 2.35. The molecule has 0 aromatic heterocycles. The number of alkyl halides is 5. The Labute approximate surface area is 118 Å². The lowest BCUT2D eigenvalue weighted by atomic mass is 9.90. The van der Waals surface area contributed by atoms with Crippen LogP contribution in [0.25, 0.3) is 0 Å². The number of hydrogen-bond donors (Lipinski definition) is 0. The molecule has 1 aliphatic carbocycles. The molecular formula is C14H14F5NO. The zero-order chi connectivity index (χ0) is 15.7. The SMILES string of the molecule is O=C(N(c1ccccc1)C1CCCC(F)(F)C1)C(F)(F)F. The molecule has 2 nitrogen and oxygen atoms in total. The zero-order valence-electron chi connectivity index (χ0n) is 11.0. The van der Waals surface area contributed by atoms with Gasteiger partial charge in [0.25, 0.3) is 0 Å². The molecular weight excluding hydrogens is 293 g/mol. The first kappa shape index (κ1) is 15.7. The Hall–Kier alpha value is -1.66. The first-order chi connectivity index (χ1) is 9.71. The maximum atomic E-state index is 13.5. The lowest BCUT2D eigenvalue weighted by Crippen LogP contribution is -2.50. The molecule has 21 heavy (non-hydrogen) atoms. The van der Waals surface area contributed by atoms with Crippen LogP contribution in [0.15, 0.2) is 30.3 Å². The number of hydrogen-bond acceptors (Lipinski definition) is 1. The highest BCUT2D eigenvalue weighted by Crippen LogP contribution is 2.38. The van der Waals surface area contributed by atoms with Crippen LogP contribution in [0.5, 0.6) is 0 Å². The number of amides is 1. The number of carbonyl (C=O) groups is 1. The minimum atomic E-state index is -5.09. The summed E-state index contributed by atoms with van der Waals surface area (Å²) in [6, 6.07) is 5.99. The standard InChI is InChI=1S/C14H14F5NO/c15-13(16)8-4-7-11(9-13)20(12(21)14(17,18)19)10-5-2-1-3-6-10/h1-3,5-6,11H,4,7-9H2. The predicted octanol–water partition coefficient (Wildman–Crippen LogP) is 4.16. The molecule has 1 aromatic rings. The van der Waals surface area contributed by atoms with Crippen LogP contribution in [-0.4, -0.2) is 24.0 Å². The average Bonchev–Trinajstić information content (AvgIpc) is 2.38. The number of nitrogens with zero attached hydrogens (tertiary/aromatic N) is 1. The largest absolute Gasteiger partial charge is 0.471 e. The average molecular weight is 307 g/mol. The first-order valence-electron chi connectivity index (χ1n) is 6.54. The van der Waals surface area contributed by atoms with Gasteiger partial charge in [0.15, 0.2) is 0 Å². The second-order valence-corrected chi connectivity index (χ2v) is 5.11. The van der Waals surface area contributed by atoms with Gasteiger partial charge >= 0.3 is 12.1 Å². The summed E-state index contributed by atoms with van der Waals surface area (Å²) in [6.45, 7) is 0. The molecule has 7 heteroatoms. The molecule has 0 heterocycles. The van der Waals surface area contributed by atoms with Gasteiger partial charge in [-0.25, -0.2) is 8.78 Å². The molecule has 1 aliphatic rings. The van der Waals surface area contributed by atoms with Gasteiger partial charge in [-0.15, -0.1) is 0 Å². The van der Waals surface area contributed by atoms with Crippen molar-refractivity contribution >= 4 is 11.6 Å². The number of rotatable bonds is 2. The van der Waals surface area contributed by atoms with Crippen LogP contribution in [-0.2, 0) is 4.79 Å². The zero-order valence-corrected chi connectivity index (χ0v) is 11.0. The van der Waals surface area contributed by atoms with E-state index in [0.717, 1.165) is 0 Å². The third-order valence-corrected chi connectivity index (χ3v) is 3.47. The van der Waals surface area contributed by atoms with Crippen LogP contribution in [0.2, 0.25) is 0 Å². The van der Waals surface area contributed by atoms with Crippen molar-refractivity contribution in [3.8, 4) is 0 Å². The molecule has 1 atom stereocenters. The van der Waals surface area contributed by atoms with E-state index in [0.29, 0.717) is 4.90 Å². The number of carbonyl (C=O) groups excluding carboxylic acids is 1. The predicted molar refractivity (Wildman–Crippen MR) is 67.2 cm³/mol. The maximum absolute atomic E-state index is 13.5. The lowest BCUT2D eigenvalue weighted by molar-refractivity contribution is -0.171. The fourth-order valence-electron chi connectivity index (χ4n) is 2.58. The van der Waals surface area contributed by atoms with E-state index in [4.69, 9.17) is 0 Å². The van der Waals surface area contributed by atoms with Crippen molar-refractivity contribution in [2.24, 2.45) is 0 Å². The second kappa shape index (κ2) is 5.61. The molecule has 2 rings (SSSR count). The van der Waals surface area contributed by atoms with E-state index < -0.39 is 30.5 Å². The monoisotopic (exact) mass is 307 g/mol. The summed E-state index contributed by atoms with van der Waals surface area (Å²) in [5.41, 5.74) is -0.0116. The van der Waals surface area contributed by atoms with Gasteiger partial charge < -0.3 is 4.90 Å². The highest BCUT2D eigenvalue weighted by Gasteiger charge is 2.48. The number of anilines is 1. The van der Waals surface area contributed by atoms with Gasteiger partial charge in [-0.2, -0.15) is 13.2 Å². The smallest absolute Gasteiger partial charge is 0.301 e. The normalized spacial score (nSPS) is 21.9. The Morgan fingerprint density at radius 3 is 2.33 bits per heavy atom. The molecule has 116 valence electrons. The van der Waals surface area contributed by atoms with Crippen LogP contribution in [0, 0.1) is 0 Å². The first-order valence-corrected chi connectivity index (χ1v) is 6.54. The van der Waals surface area contributed by atoms with E-state index in [1.165, 1.54) is 24.3 Å². The van der Waals surface area contributed by atoms with Crippen LogP contribution >= 0.6 is 0 Å². The molecule has 0 aliphatic heterocycles. The van der Waals surface area contributed by atoms with Crippen molar-refractivity contribution in [3.05, 3.63) is 30.3 Å². The van der Waals surface area contributed by atoms with Gasteiger partial charge in [0, 0.05) is 24.6 Å². The summed E-state index contributed by atoms with van der Waals surface area (Å²) in [5, 5.41) is 0. The van der Waals surface area contributed by atoms with E-state index in [2.05, 4.69) is 0 Å². The molecule has 1 amide bonds. The van der Waals surface area contributed by atoms with Crippen molar-refractivity contribution in [3.63, 3.8) is 0 Å². The fraction of sp³-hybridized carbons (Fsp3) is 0.500. The molecule has 1 aromatic carbocycles.